The number of nitrogens with one attached hydrogen (secondary N) is 1. The van der Waals surface area contributed by atoms with Crippen LogP contribution in [0.5, 0.6) is 0 Å². The van der Waals surface area contributed by atoms with Gasteiger partial charge in [0.25, 0.3) is 0 Å². The zero-order chi connectivity index (χ0) is 22.9. The summed E-state index contributed by atoms with van der Waals surface area (Å²) in [6.45, 7) is 3.62. The highest BCUT2D eigenvalue weighted by molar-refractivity contribution is 5.70. The minimum atomic E-state index is -0.369. The van der Waals surface area contributed by atoms with Crippen molar-refractivity contribution in [1.82, 2.24) is 39.5 Å². The van der Waals surface area contributed by atoms with Crippen LogP contribution in [0.1, 0.15) is 20.3 Å². The van der Waals surface area contributed by atoms with Crippen LogP contribution in [0.25, 0.3) is 22.3 Å². The number of hydrogen-bond acceptors (Lipinski definition) is 11. The van der Waals surface area contributed by atoms with E-state index in [9.17, 15) is 9.59 Å². The average Bonchev–Trinajstić information content (AvgIpc) is 3.40. The van der Waals surface area contributed by atoms with Crippen molar-refractivity contribution < 1.29 is 19.1 Å². The Labute approximate surface area is 182 Å². The lowest BCUT2D eigenvalue weighted by Gasteiger charge is -2.16. The summed E-state index contributed by atoms with van der Waals surface area (Å²) in [7, 11) is 0. The number of H-pyrrole nitrogens is 1. The van der Waals surface area contributed by atoms with Crippen molar-refractivity contribution in [2.24, 2.45) is 5.92 Å². The normalized spacial score (nSPS) is 10.7. The van der Waals surface area contributed by atoms with E-state index in [1.54, 1.807) is 25.0 Å². The number of fused-ring (bicyclic) bond motifs is 2. The Morgan fingerprint density at radius 1 is 1.09 bits per heavy atom. The van der Waals surface area contributed by atoms with Gasteiger partial charge in [0.1, 0.15) is 17.4 Å². The number of hydrogen-bond donors (Lipinski definition) is 2. The molecule has 0 spiro atoms. The van der Waals surface area contributed by atoms with E-state index in [0.29, 0.717) is 29.8 Å². The third-order valence-corrected chi connectivity index (χ3v) is 4.30. The van der Waals surface area contributed by atoms with Crippen LogP contribution >= 0.6 is 0 Å². The van der Waals surface area contributed by atoms with Crippen LogP contribution in [-0.4, -0.2) is 64.6 Å². The third kappa shape index (κ3) is 6.42. The van der Waals surface area contributed by atoms with E-state index in [1.807, 2.05) is 4.57 Å². The predicted molar refractivity (Wildman–Crippen MR) is 113 cm³/mol. The number of carbonyl (C=O) groups is 2. The van der Waals surface area contributed by atoms with Gasteiger partial charge in [-0.05, 0) is 6.42 Å². The Kier molecular flexibility index (Phi) is 7.56. The monoisotopic (exact) mass is 441 g/mol. The molecule has 0 atom stereocenters. The van der Waals surface area contributed by atoms with Crippen molar-refractivity contribution in [2.45, 2.75) is 26.8 Å². The number of ether oxygens (including phenoxy) is 2. The summed E-state index contributed by atoms with van der Waals surface area (Å²) in [6, 6.07) is 0. The zero-order valence-corrected chi connectivity index (χ0v) is 17.6. The van der Waals surface area contributed by atoms with E-state index < -0.39 is 0 Å². The van der Waals surface area contributed by atoms with Gasteiger partial charge in [-0.15, -0.1) is 0 Å². The van der Waals surface area contributed by atoms with Crippen LogP contribution in [0.3, 0.4) is 0 Å². The molecule has 168 valence electrons. The molecule has 0 aromatic carbocycles. The van der Waals surface area contributed by atoms with E-state index in [2.05, 4.69) is 34.9 Å². The Hall–Kier alpha value is -4.16. The van der Waals surface area contributed by atoms with Crippen LogP contribution in [-0.2, 0) is 25.6 Å². The molecule has 13 heteroatoms. The molecule has 0 aliphatic rings. The fourth-order valence-corrected chi connectivity index (χ4v) is 2.73. The van der Waals surface area contributed by atoms with Crippen LogP contribution < -0.4 is 5.73 Å². The largest absolute Gasteiger partial charge is 0.465 e. The molecule has 0 bridgehead atoms. The maximum absolute atomic E-state index is 11.0. The summed E-state index contributed by atoms with van der Waals surface area (Å²) in [5, 5.41) is 0. The smallest absolute Gasteiger partial charge is 0.302 e. The van der Waals surface area contributed by atoms with Crippen molar-refractivity contribution in [3.63, 3.8) is 0 Å². The number of aromatic nitrogens is 8. The molecule has 0 saturated carbocycles. The summed E-state index contributed by atoms with van der Waals surface area (Å²) in [5.74, 6) is -0.673. The van der Waals surface area contributed by atoms with Gasteiger partial charge >= 0.3 is 11.9 Å². The molecule has 0 amide bonds. The zero-order valence-electron chi connectivity index (χ0n) is 17.6. The molecule has 0 radical (unpaired) electrons. The first-order valence-corrected chi connectivity index (χ1v) is 9.71. The van der Waals surface area contributed by atoms with Crippen LogP contribution in [0.2, 0.25) is 0 Å². The summed E-state index contributed by atoms with van der Waals surface area (Å²) in [4.78, 5) is 48.6. The van der Waals surface area contributed by atoms with Crippen LogP contribution in [0, 0.1) is 5.92 Å². The van der Waals surface area contributed by atoms with E-state index in [0.717, 1.165) is 5.52 Å². The Morgan fingerprint density at radius 2 is 1.84 bits per heavy atom. The first-order valence-electron chi connectivity index (χ1n) is 9.71. The standard InChI is InChI=1S/C14H19N5O4.C5H4N4/c1-9(20)22-6-11(7-23-10(2)21)3-4-19-8-17-12-5-16-14(15)18-13(12)19;1-4-5(8-2-6-1)9-3-7-4/h5,8,11H,3-4,6-7H2,1-2H3,(H2,15,16,18);1-3H,(H,6,7,8,9). The van der Waals surface area contributed by atoms with Crippen molar-refractivity contribution >= 4 is 40.2 Å². The average molecular weight is 441 g/mol. The topological polar surface area (TPSA) is 177 Å². The highest BCUT2D eigenvalue weighted by Gasteiger charge is 2.14. The highest BCUT2D eigenvalue weighted by Crippen LogP contribution is 2.13. The van der Waals surface area contributed by atoms with Crippen LogP contribution in [0.4, 0.5) is 5.95 Å². The maximum Gasteiger partial charge on any atom is 0.302 e. The summed E-state index contributed by atoms with van der Waals surface area (Å²) >= 11 is 0. The van der Waals surface area contributed by atoms with Gasteiger partial charge in [0, 0.05) is 26.3 Å². The second-order valence-corrected chi connectivity index (χ2v) is 6.80. The second kappa shape index (κ2) is 10.7. The number of esters is 2. The van der Waals surface area contributed by atoms with Gasteiger partial charge in [0.05, 0.1) is 38.3 Å². The SMILES string of the molecule is CC(=O)OCC(CCn1cnc2cnc(N)nc21)COC(C)=O.c1ncc2[nH]cnc2n1. The third-order valence-electron chi connectivity index (χ3n) is 4.30. The number of aryl methyl sites for hydroxylation is 1. The molecule has 0 saturated heterocycles. The fraction of sp³-hybridized carbons (Fsp3) is 0.368. The minimum Gasteiger partial charge on any atom is -0.465 e. The molecule has 13 nitrogen and oxygen atoms in total. The Bertz CT molecular complexity index is 1140. The Balaban J connectivity index is 0.000000264. The van der Waals surface area contributed by atoms with E-state index in [4.69, 9.17) is 15.2 Å². The first-order chi connectivity index (χ1) is 15.4. The summed E-state index contributed by atoms with van der Waals surface area (Å²) < 4.78 is 11.9. The van der Waals surface area contributed by atoms with E-state index in [1.165, 1.54) is 20.2 Å². The van der Waals surface area contributed by atoms with Crippen molar-refractivity contribution in [3.8, 4) is 0 Å². The molecule has 32 heavy (non-hydrogen) atoms. The Morgan fingerprint density at radius 3 is 2.53 bits per heavy atom. The molecule has 3 N–H and O–H groups in total. The first kappa shape index (κ1) is 22.5. The van der Waals surface area contributed by atoms with Crippen molar-refractivity contribution in [3.05, 3.63) is 31.4 Å². The van der Waals surface area contributed by atoms with Crippen molar-refractivity contribution in [2.75, 3.05) is 18.9 Å². The van der Waals surface area contributed by atoms with Gasteiger partial charge in [-0.2, -0.15) is 4.98 Å². The molecule has 4 heterocycles. The van der Waals surface area contributed by atoms with Gasteiger partial charge in [-0.3, -0.25) is 9.59 Å². The molecular weight excluding hydrogens is 418 g/mol. The molecule has 4 aromatic heterocycles. The number of imidazole rings is 2. The number of aromatic amines is 1. The van der Waals surface area contributed by atoms with Gasteiger partial charge in [-0.25, -0.2) is 24.9 Å². The quantitative estimate of drug-likeness (QED) is 0.389. The van der Waals surface area contributed by atoms with E-state index in [-0.39, 0.29) is 37.0 Å². The second-order valence-electron chi connectivity index (χ2n) is 6.80. The van der Waals surface area contributed by atoms with Gasteiger partial charge in [0.2, 0.25) is 5.95 Å². The fourth-order valence-electron chi connectivity index (χ4n) is 2.73. The van der Waals surface area contributed by atoms with Crippen molar-refractivity contribution in [1.29, 1.82) is 0 Å². The highest BCUT2D eigenvalue weighted by atomic mass is 16.5. The predicted octanol–water partition coefficient (Wildman–Crippen LogP) is 0.894. The molecule has 0 unspecified atom stereocenters. The van der Waals surface area contributed by atoms with Crippen LogP contribution in [0.15, 0.2) is 31.4 Å². The number of nitrogen functional groups attached to an aromatic ring is 1. The molecular formula is C19H23N9O4. The maximum atomic E-state index is 11.0. The van der Waals surface area contributed by atoms with Gasteiger partial charge in [0.15, 0.2) is 11.3 Å². The lowest BCUT2D eigenvalue weighted by Crippen LogP contribution is -2.21. The van der Waals surface area contributed by atoms with Gasteiger partial charge < -0.3 is 24.8 Å². The molecule has 4 rings (SSSR count). The number of rotatable bonds is 7. The summed E-state index contributed by atoms with van der Waals surface area (Å²) in [5.41, 5.74) is 8.46. The number of nitrogens with zero attached hydrogens (tertiary/aromatic N) is 7. The minimum absolute atomic E-state index is 0.112. The molecule has 0 aliphatic heterocycles. The molecule has 4 aromatic rings. The molecule has 0 fully saturated rings. The number of nitrogens with two attached hydrogens (primary N) is 1. The lowest BCUT2D eigenvalue weighted by molar-refractivity contribution is -0.146. The summed E-state index contributed by atoms with van der Waals surface area (Å²) in [6.07, 6.45) is 8.59. The number of carbonyl (C=O) groups excluding carboxylic acids is 2. The number of anilines is 1. The van der Waals surface area contributed by atoms with Gasteiger partial charge in [-0.1, -0.05) is 0 Å². The molecule has 0 aliphatic carbocycles. The van der Waals surface area contributed by atoms with E-state index >= 15 is 0 Å². The lowest BCUT2D eigenvalue weighted by atomic mass is 10.1.